The third-order valence-corrected chi connectivity index (χ3v) is 3.13. The minimum atomic E-state index is -0.611. The number of fused-ring (bicyclic) bond motifs is 1. The standard InChI is InChI=1S/C16H12FN3O/c17-13-7-6-10(18)9-12(13)16(21)20-15-5-1-4-14-11(15)3-2-8-19-14/h1-9H,18H2,(H,20,21). The lowest BCUT2D eigenvalue weighted by atomic mass is 10.1. The number of nitrogens with two attached hydrogens (primary N) is 1. The van der Waals surface area contributed by atoms with Gasteiger partial charge >= 0.3 is 0 Å². The molecule has 3 rings (SSSR count). The summed E-state index contributed by atoms with van der Waals surface area (Å²) in [6, 6.07) is 12.9. The Hall–Kier alpha value is -2.95. The molecular weight excluding hydrogens is 269 g/mol. The highest BCUT2D eigenvalue weighted by molar-refractivity contribution is 6.09. The third kappa shape index (κ3) is 2.53. The van der Waals surface area contributed by atoms with Gasteiger partial charge in [0.15, 0.2) is 0 Å². The Bertz CT molecular complexity index is 827. The molecule has 3 N–H and O–H groups in total. The fraction of sp³-hybridized carbons (Fsp3) is 0. The highest BCUT2D eigenvalue weighted by Gasteiger charge is 2.13. The number of benzene rings is 2. The predicted octanol–water partition coefficient (Wildman–Crippen LogP) is 3.21. The number of aromatic nitrogens is 1. The van der Waals surface area contributed by atoms with E-state index < -0.39 is 11.7 Å². The van der Waals surface area contributed by atoms with Crippen molar-refractivity contribution in [3.63, 3.8) is 0 Å². The number of amides is 1. The van der Waals surface area contributed by atoms with Crippen molar-refractivity contribution in [1.29, 1.82) is 0 Å². The van der Waals surface area contributed by atoms with Crippen molar-refractivity contribution in [2.75, 3.05) is 11.1 Å². The van der Waals surface area contributed by atoms with Gasteiger partial charge in [-0.2, -0.15) is 0 Å². The maximum absolute atomic E-state index is 13.7. The second-order valence-electron chi connectivity index (χ2n) is 4.57. The first kappa shape index (κ1) is 13.1. The number of anilines is 2. The van der Waals surface area contributed by atoms with Crippen LogP contribution in [0.25, 0.3) is 10.9 Å². The maximum atomic E-state index is 13.7. The fourth-order valence-electron chi connectivity index (χ4n) is 2.12. The predicted molar refractivity (Wildman–Crippen MR) is 80.5 cm³/mol. The summed E-state index contributed by atoms with van der Waals surface area (Å²) in [5.74, 6) is -1.16. The number of halogens is 1. The minimum Gasteiger partial charge on any atom is -0.399 e. The zero-order chi connectivity index (χ0) is 14.8. The largest absolute Gasteiger partial charge is 0.399 e. The van der Waals surface area contributed by atoms with E-state index in [0.29, 0.717) is 11.4 Å². The molecule has 4 nitrogen and oxygen atoms in total. The highest BCUT2D eigenvalue weighted by atomic mass is 19.1. The second-order valence-corrected chi connectivity index (χ2v) is 4.57. The lowest BCUT2D eigenvalue weighted by Gasteiger charge is -2.09. The number of pyridine rings is 1. The number of hydrogen-bond donors (Lipinski definition) is 2. The average Bonchev–Trinajstić information content (AvgIpc) is 2.50. The van der Waals surface area contributed by atoms with Crippen LogP contribution in [-0.4, -0.2) is 10.9 Å². The first-order chi connectivity index (χ1) is 10.1. The van der Waals surface area contributed by atoms with Gasteiger partial charge in [0.25, 0.3) is 5.91 Å². The van der Waals surface area contributed by atoms with Gasteiger partial charge in [-0.1, -0.05) is 6.07 Å². The van der Waals surface area contributed by atoms with E-state index in [-0.39, 0.29) is 5.56 Å². The summed E-state index contributed by atoms with van der Waals surface area (Å²) in [5.41, 5.74) is 7.17. The molecule has 0 fully saturated rings. The topological polar surface area (TPSA) is 68.0 Å². The molecule has 5 heteroatoms. The average molecular weight is 281 g/mol. The lowest BCUT2D eigenvalue weighted by molar-refractivity contribution is 0.102. The van der Waals surface area contributed by atoms with E-state index in [2.05, 4.69) is 10.3 Å². The van der Waals surface area contributed by atoms with E-state index in [4.69, 9.17) is 5.73 Å². The van der Waals surface area contributed by atoms with Gasteiger partial charge in [0.05, 0.1) is 16.8 Å². The molecule has 0 spiro atoms. The molecule has 0 radical (unpaired) electrons. The molecular formula is C16H12FN3O. The van der Waals surface area contributed by atoms with Crippen LogP contribution in [0.4, 0.5) is 15.8 Å². The third-order valence-electron chi connectivity index (χ3n) is 3.13. The van der Waals surface area contributed by atoms with Crippen molar-refractivity contribution < 1.29 is 9.18 Å². The molecule has 104 valence electrons. The van der Waals surface area contributed by atoms with Crippen LogP contribution in [0.1, 0.15) is 10.4 Å². The zero-order valence-electron chi connectivity index (χ0n) is 11.0. The highest BCUT2D eigenvalue weighted by Crippen LogP contribution is 2.22. The van der Waals surface area contributed by atoms with Crippen LogP contribution < -0.4 is 11.1 Å². The number of carbonyl (C=O) groups is 1. The molecule has 0 atom stereocenters. The molecule has 0 aliphatic heterocycles. The zero-order valence-corrected chi connectivity index (χ0v) is 11.0. The van der Waals surface area contributed by atoms with Crippen LogP contribution in [0.2, 0.25) is 0 Å². The van der Waals surface area contributed by atoms with E-state index in [1.807, 2.05) is 12.1 Å². The van der Waals surface area contributed by atoms with Crippen LogP contribution in [0.5, 0.6) is 0 Å². The molecule has 0 saturated carbocycles. The van der Waals surface area contributed by atoms with Gasteiger partial charge in [-0.15, -0.1) is 0 Å². The first-order valence-corrected chi connectivity index (χ1v) is 6.35. The smallest absolute Gasteiger partial charge is 0.258 e. The molecule has 0 aliphatic carbocycles. The SMILES string of the molecule is Nc1ccc(F)c(C(=O)Nc2cccc3ncccc23)c1. The molecule has 0 bridgehead atoms. The quantitative estimate of drug-likeness (QED) is 0.709. The summed E-state index contributed by atoms with van der Waals surface area (Å²) in [4.78, 5) is 16.4. The Balaban J connectivity index is 1.99. The van der Waals surface area contributed by atoms with Crippen LogP contribution >= 0.6 is 0 Å². The Labute approximate surface area is 120 Å². The lowest BCUT2D eigenvalue weighted by Crippen LogP contribution is -2.14. The van der Waals surface area contributed by atoms with Gasteiger partial charge in [0, 0.05) is 17.3 Å². The van der Waals surface area contributed by atoms with Crippen molar-refractivity contribution in [1.82, 2.24) is 4.98 Å². The van der Waals surface area contributed by atoms with Crippen molar-refractivity contribution in [2.45, 2.75) is 0 Å². The molecule has 2 aromatic carbocycles. The van der Waals surface area contributed by atoms with E-state index in [1.165, 1.54) is 18.2 Å². The number of hydrogen-bond acceptors (Lipinski definition) is 3. The summed E-state index contributed by atoms with van der Waals surface area (Å²) < 4.78 is 13.7. The van der Waals surface area contributed by atoms with Gasteiger partial charge in [-0.25, -0.2) is 4.39 Å². The van der Waals surface area contributed by atoms with E-state index in [1.54, 1.807) is 24.4 Å². The minimum absolute atomic E-state index is 0.0871. The molecule has 1 heterocycles. The summed E-state index contributed by atoms with van der Waals surface area (Å²) in [6.45, 7) is 0. The van der Waals surface area contributed by atoms with Crippen LogP contribution in [0, 0.1) is 5.82 Å². The Morgan fingerprint density at radius 1 is 1.14 bits per heavy atom. The molecule has 3 aromatic rings. The monoisotopic (exact) mass is 281 g/mol. The summed E-state index contributed by atoms with van der Waals surface area (Å²) >= 11 is 0. The number of nitrogen functional groups attached to an aromatic ring is 1. The fourth-order valence-corrected chi connectivity index (χ4v) is 2.12. The molecule has 0 unspecified atom stereocenters. The van der Waals surface area contributed by atoms with Gasteiger partial charge < -0.3 is 11.1 Å². The maximum Gasteiger partial charge on any atom is 0.258 e. The molecule has 0 saturated heterocycles. The van der Waals surface area contributed by atoms with E-state index >= 15 is 0 Å². The molecule has 0 aliphatic rings. The molecule has 1 amide bonds. The van der Waals surface area contributed by atoms with Gasteiger partial charge in [0.2, 0.25) is 0 Å². The van der Waals surface area contributed by atoms with Crippen molar-refractivity contribution >= 4 is 28.2 Å². The van der Waals surface area contributed by atoms with Crippen molar-refractivity contribution in [3.8, 4) is 0 Å². The first-order valence-electron chi connectivity index (χ1n) is 6.35. The number of rotatable bonds is 2. The second kappa shape index (κ2) is 5.20. The Kier molecular flexibility index (Phi) is 3.23. The summed E-state index contributed by atoms with van der Waals surface area (Å²) in [5, 5.41) is 3.48. The van der Waals surface area contributed by atoms with Crippen LogP contribution in [0.15, 0.2) is 54.7 Å². The van der Waals surface area contributed by atoms with E-state index in [0.717, 1.165) is 10.9 Å². The number of nitrogens with zero attached hydrogens (tertiary/aromatic N) is 1. The number of carbonyl (C=O) groups excluding carboxylic acids is 1. The van der Waals surface area contributed by atoms with Gasteiger partial charge in [-0.3, -0.25) is 9.78 Å². The van der Waals surface area contributed by atoms with Gasteiger partial charge in [0.1, 0.15) is 5.82 Å². The summed E-state index contributed by atoms with van der Waals surface area (Å²) in [6.07, 6.45) is 1.67. The van der Waals surface area contributed by atoms with Crippen LogP contribution in [-0.2, 0) is 0 Å². The van der Waals surface area contributed by atoms with Crippen molar-refractivity contribution in [3.05, 3.63) is 66.1 Å². The van der Waals surface area contributed by atoms with Crippen LogP contribution in [0.3, 0.4) is 0 Å². The van der Waals surface area contributed by atoms with Gasteiger partial charge in [-0.05, 0) is 42.5 Å². The normalized spacial score (nSPS) is 10.5. The Morgan fingerprint density at radius 2 is 2.00 bits per heavy atom. The number of nitrogens with one attached hydrogen (secondary N) is 1. The molecule has 1 aromatic heterocycles. The van der Waals surface area contributed by atoms with E-state index in [9.17, 15) is 9.18 Å². The summed E-state index contributed by atoms with van der Waals surface area (Å²) in [7, 11) is 0. The molecule has 21 heavy (non-hydrogen) atoms. The van der Waals surface area contributed by atoms with Crippen molar-refractivity contribution in [2.24, 2.45) is 0 Å². The Morgan fingerprint density at radius 3 is 2.86 bits per heavy atom.